The minimum atomic E-state index is -3.56. The molecule has 154 valence electrons. The molecule has 0 spiro atoms. The van der Waals surface area contributed by atoms with Crippen molar-refractivity contribution in [3.8, 4) is 0 Å². The lowest BCUT2D eigenvalue weighted by Crippen LogP contribution is -2.35. The van der Waals surface area contributed by atoms with Crippen molar-refractivity contribution < 1.29 is 13.2 Å². The second kappa shape index (κ2) is 8.05. The van der Waals surface area contributed by atoms with Gasteiger partial charge in [-0.1, -0.05) is 48.5 Å². The fourth-order valence-electron chi connectivity index (χ4n) is 3.88. The number of hydrogen-bond donors (Lipinski definition) is 0. The van der Waals surface area contributed by atoms with Gasteiger partial charge in [-0.25, -0.2) is 8.42 Å². The maximum absolute atomic E-state index is 13.1. The number of nitrogens with zero attached hydrogens (tertiary/aromatic N) is 2. The fraction of sp³-hybridized carbons (Fsp3) is 0.208. The molecule has 5 nitrogen and oxygen atoms in total. The molecule has 0 fully saturated rings. The van der Waals surface area contributed by atoms with Gasteiger partial charge in [0.2, 0.25) is 10.0 Å². The van der Waals surface area contributed by atoms with Gasteiger partial charge in [-0.3, -0.25) is 4.79 Å². The van der Waals surface area contributed by atoms with Crippen LogP contribution in [0.3, 0.4) is 0 Å². The first-order valence-corrected chi connectivity index (χ1v) is 11.3. The molecule has 0 N–H and O–H groups in total. The average Bonchev–Trinajstić information content (AvgIpc) is 3.10. The van der Waals surface area contributed by atoms with E-state index in [-0.39, 0.29) is 23.4 Å². The monoisotopic (exact) mass is 420 g/mol. The molecule has 1 aliphatic heterocycles. The molecule has 6 heteroatoms. The van der Waals surface area contributed by atoms with Crippen molar-refractivity contribution in [2.24, 2.45) is 0 Å². The van der Waals surface area contributed by atoms with E-state index in [2.05, 4.69) is 13.0 Å². The summed E-state index contributed by atoms with van der Waals surface area (Å²) >= 11 is 0. The molecule has 1 atom stereocenters. The molecular formula is C24H24N2O3S. The minimum Gasteiger partial charge on any atom is -0.305 e. The van der Waals surface area contributed by atoms with Gasteiger partial charge in [0.05, 0.1) is 4.90 Å². The molecule has 0 bridgehead atoms. The highest BCUT2D eigenvalue weighted by molar-refractivity contribution is 7.89. The Morgan fingerprint density at radius 1 is 0.967 bits per heavy atom. The number of fused-ring (bicyclic) bond motifs is 1. The Labute approximate surface area is 177 Å². The molecule has 3 aromatic carbocycles. The molecule has 1 aliphatic rings. The number of sulfonamides is 1. The number of hydrogen-bond acceptors (Lipinski definition) is 3. The van der Waals surface area contributed by atoms with E-state index in [1.807, 2.05) is 35.2 Å². The molecule has 0 radical (unpaired) electrons. The summed E-state index contributed by atoms with van der Waals surface area (Å²) in [6.07, 6.45) is 0.849. The molecule has 1 heterocycles. The van der Waals surface area contributed by atoms with E-state index in [1.165, 1.54) is 9.87 Å². The SMILES string of the molecule is C[C@H]1Cc2ccccc2N1C(=O)c1ccc(CN(C)S(=O)(=O)c2ccccc2)cc1. The maximum Gasteiger partial charge on any atom is 0.258 e. The Hall–Kier alpha value is -2.96. The Morgan fingerprint density at radius 3 is 2.30 bits per heavy atom. The first-order valence-electron chi connectivity index (χ1n) is 9.90. The second-order valence-corrected chi connectivity index (χ2v) is 9.67. The zero-order valence-corrected chi connectivity index (χ0v) is 17.8. The quantitative estimate of drug-likeness (QED) is 0.624. The van der Waals surface area contributed by atoms with Gasteiger partial charge in [-0.05, 0) is 54.8 Å². The van der Waals surface area contributed by atoms with Gasteiger partial charge in [-0.15, -0.1) is 0 Å². The van der Waals surface area contributed by atoms with E-state index in [0.717, 1.165) is 17.7 Å². The summed E-state index contributed by atoms with van der Waals surface area (Å²) in [5.74, 6) is -0.0377. The number of benzene rings is 3. The first kappa shape index (κ1) is 20.3. The molecule has 4 rings (SSSR count). The van der Waals surface area contributed by atoms with Crippen LogP contribution in [0.5, 0.6) is 0 Å². The van der Waals surface area contributed by atoms with Crippen LogP contribution in [-0.4, -0.2) is 31.7 Å². The average molecular weight is 421 g/mol. The summed E-state index contributed by atoms with van der Waals surface area (Å²) < 4.78 is 26.7. The predicted octanol–water partition coefficient (Wildman–Crippen LogP) is 4.10. The molecule has 0 aromatic heterocycles. The second-order valence-electron chi connectivity index (χ2n) is 7.63. The van der Waals surface area contributed by atoms with Gasteiger partial charge < -0.3 is 4.90 Å². The Kier molecular flexibility index (Phi) is 5.45. The van der Waals surface area contributed by atoms with Crippen molar-refractivity contribution in [1.82, 2.24) is 4.31 Å². The van der Waals surface area contributed by atoms with Crippen molar-refractivity contribution in [3.05, 3.63) is 95.6 Å². The predicted molar refractivity (Wildman–Crippen MR) is 118 cm³/mol. The van der Waals surface area contributed by atoms with E-state index < -0.39 is 10.0 Å². The molecule has 0 saturated heterocycles. The van der Waals surface area contributed by atoms with Crippen molar-refractivity contribution in [3.63, 3.8) is 0 Å². The van der Waals surface area contributed by atoms with Crippen molar-refractivity contribution in [2.75, 3.05) is 11.9 Å². The molecule has 0 saturated carbocycles. The molecule has 3 aromatic rings. The van der Waals surface area contributed by atoms with E-state index in [1.54, 1.807) is 49.5 Å². The van der Waals surface area contributed by atoms with Gasteiger partial charge in [-0.2, -0.15) is 4.31 Å². The van der Waals surface area contributed by atoms with Crippen LogP contribution in [0, 0.1) is 0 Å². The van der Waals surface area contributed by atoms with Crippen LogP contribution in [0.1, 0.15) is 28.4 Å². The number of anilines is 1. The summed E-state index contributed by atoms with van der Waals surface area (Å²) in [7, 11) is -2.00. The van der Waals surface area contributed by atoms with Crippen molar-refractivity contribution in [1.29, 1.82) is 0 Å². The van der Waals surface area contributed by atoms with Gasteiger partial charge in [0, 0.05) is 30.9 Å². The molecule has 0 unspecified atom stereocenters. The summed E-state index contributed by atoms with van der Waals surface area (Å²) in [5, 5.41) is 0. The zero-order valence-electron chi connectivity index (χ0n) is 17.0. The third kappa shape index (κ3) is 3.76. The lowest BCUT2D eigenvalue weighted by molar-refractivity contribution is 0.0981. The van der Waals surface area contributed by atoms with Gasteiger partial charge >= 0.3 is 0 Å². The van der Waals surface area contributed by atoms with Gasteiger partial charge in [0.25, 0.3) is 5.91 Å². The third-order valence-corrected chi connectivity index (χ3v) is 7.30. The normalized spacial score (nSPS) is 16.0. The molecular weight excluding hydrogens is 396 g/mol. The van der Waals surface area contributed by atoms with Gasteiger partial charge in [0.15, 0.2) is 0 Å². The number of para-hydroxylation sites is 1. The van der Waals surface area contributed by atoms with E-state index >= 15 is 0 Å². The van der Waals surface area contributed by atoms with Gasteiger partial charge in [0.1, 0.15) is 0 Å². The van der Waals surface area contributed by atoms with Crippen LogP contribution < -0.4 is 4.90 Å². The van der Waals surface area contributed by atoms with Crippen LogP contribution in [0.25, 0.3) is 0 Å². The summed E-state index contributed by atoms with van der Waals surface area (Å²) in [6, 6.07) is 23.6. The largest absolute Gasteiger partial charge is 0.305 e. The zero-order chi connectivity index (χ0) is 21.3. The molecule has 1 amide bonds. The minimum absolute atomic E-state index is 0.0377. The van der Waals surface area contributed by atoms with E-state index in [4.69, 9.17) is 0 Å². The Bertz CT molecular complexity index is 1160. The lowest BCUT2D eigenvalue weighted by Gasteiger charge is -2.23. The number of carbonyl (C=O) groups excluding carboxylic acids is 1. The third-order valence-electron chi connectivity index (χ3n) is 5.48. The van der Waals surface area contributed by atoms with Crippen LogP contribution >= 0.6 is 0 Å². The summed E-state index contributed by atoms with van der Waals surface area (Å²) in [5.41, 5.74) is 3.56. The van der Waals surface area contributed by atoms with Crippen LogP contribution in [-0.2, 0) is 23.0 Å². The first-order chi connectivity index (χ1) is 14.4. The number of rotatable bonds is 5. The van der Waals surface area contributed by atoms with Crippen molar-refractivity contribution >= 4 is 21.6 Å². The summed E-state index contributed by atoms with van der Waals surface area (Å²) in [6.45, 7) is 2.28. The molecule has 30 heavy (non-hydrogen) atoms. The molecule has 0 aliphatic carbocycles. The Morgan fingerprint density at radius 2 is 1.60 bits per heavy atom. The van der Waals surface area contributed by atoms with E-state index in [9.17, 15) is 13.2 Å². The fourth-order valence-corrected chi connectivity index (χ4v) is 5.06. The number of amides is 1. The highest BCUT2D eigenvalue weighted by Gasteiger charge is 2.31. The van der Waals surface area contributed by atoms with Crippen molar-refractivity contribution in [2.45, 2.75) is 30.8 Å². The van der Waals surface area contributed by atoms with Crippen LogP contribution in [0.4, 0.5) is 5.69 Å². The summed E-state index contributed by atoms with van der Waals surface area (Å²) in [4.78, 5) is 15.2. The van der Waals surface area contributed by atoms with Crippen LogP contribution in [0.2, 0.25) is 0 Å². The lowest BCUT2D eigenvalue weighted by atomic mass is 10.1. The van der Waals surface area contributed by atoms with Crippen LogP contribution in [0.15, 0.2) is 83.8 Å². The highest BCUT2D eigenvalue weighted by atomic mass is 32.2. The van der Waals surface area contributed by atoms with E-state index in [0.29, 0.717) is 5.56 Å². The number of carbonyl (C=O) groups is 1. The topological polar surface area (TPSA) is 57.7 Å². The highest BCUT2D eigenvalue weighted by Crippen LogP contribution is 2.33. The smallest absolute Gasteiger partial charge is 0.258 e. The maximum atomic E-state index is 13.1. The standard InChI is InChI=1S/C24H24N2O3S/c1-18-16-21-8-6-7-11-23(21)26(18)24(27)20-14-12-19(13-15-20)17-25(2)30(28,29)22-9-4-3-5-10-22/h3-15,18H,16-17H2,1-2H3/t18-/m0/s1. The Balaban J connectivity index is 1.50.